The first-order chi connectivity index (χ1) is 17.3. The Morgan fingerprint density at radius 2 is 1.97 bits per heavy atom. The minimum atomic E-state index is -0.459. The number of amides is 2. The van der Waals surface area contributed by atoms with Gasteiger partial charge >= 0.3 is 0 Å². The normalized spacial score (nSPS) is 13.5. The van der Waals surface area contributed by atoms with Crippen LogP contribution in [0.5, 0.6) is 5.75 Å². The third kappa shape index (κ3) is 6.76. The standard InChI is InChI=1S/C24H31ClN8O3.2ClH/c1-3-32-17-6-5-16(36-14-21(34)31-9-7-15(26)8-10-31)11-18(17)33(4-2)20(32)13-29-24(35)22-23(27)28-12-19(25)30-22;;/h5-6,11-12,15H,3-4,7-10,13-14,26H2,1-2H3,(H2-,27,28,29,35);2*1H. The van der Waals surface area contributed by atoms with Gasteiger partial charge in [0.15, 0.2) is 29.2 Å². The van der Waals surface area contributed by atoms with Crippen LogP contribution < -0.4 is 38.5 Å². The Labute approximate surface area is 238 Å². The molecule has 0 spiro atoms. The zero-order valence-corrected chi connectivity index (χ0v) is 23.7. The number of nitrogens with one attached hydrogen (secondary N) is 1. The van der Waals surface area contributed by atoms with Crippen LogP contribution in [0.15, 0.2) is 24.4 Å². The molecule has 1 aromatic carbocycles. The van der Waals surface area contributed by atoms with Crippen molar-refractivity contribution in [2.75, 3.05) is 25.4 Å². The molecule has 0 saturated carbocycles. The van der Waals surface area contributed by atoms with Gasteiger partial charge in [-0.15, -0.1) is 12.4 Å². The van der Waals surface area contributed by atoms with Gasteiger partial charge in [-0.25, -0.2) is 19.1 Å². The SMILES string of the molecule is CCn1c(CNC(=O)c2nc(Cl)cnc2N)[n+](CC)c2ccc(OCC(=O)N3CCC(N)CC3)cc21.Cl.[Cl-]. The van der Waals surface area contributed by atoms with E-state index in [1.807, 2.05) is 32.0 Å². The van der Waals surface area contributed by atoms with E-state index >= 15 is 0 Å². The first-order valence-corrected chi connectivity index (χ1v) is 12.5. The summed E-state index contributed by atoms with van der Waals surface area (Å²) in [7, 11) is 0. The van der Waals surface area contributed by atoms with Crippen molar-refractivity contribution in [1.82, 2.24) is 24.8 Å². The zero-order chi connectivity index (χ0) is 25.8. The summed E-state index contributed by atoms with van der Waals surface area (Å²) < 4.78 is 10.1. The Morgan fingerprint density at radius 1 is 1.26 bits per heavy atom. The van der Waals surface area contributed by atoms with Crippen LogP contribution in [-0.2, 0) is 24.4 Å². The van der Waals surface area contributed by atoms with Crippen molar-refractivity contribution in [3.8, 4) is 5.75 Å². The number of rotatable bonds is 8. The molecule has 0 radical (unpaired) electrons. The second-order valence-corrected chi connectivity index (χ2v) is 9.06. The predicted octanol–water partition coefficient (Wildman–Crippen LogP) is -1.32. The van der Waals surface area contributed by atoms with Crippen LogP contribution >= 0.6 is 24.0 Å². The predicted molar refractivity (Wildman–Crippen MR) is 143 cm³/mol. The Morgan fingerprint density at radius 3 is 2.63 bits per heavy atom. The number of imidazole rings is 1. The summed E-state index contributed by atoms with van der Waals surface area (Å²) >= 11 is 5.88. The molecule has 2 amide bonds. The monoisotopic (exact) mass is 586 g/mol. The van der Waals surface area contributed by atoms with Gasteiger partial charge in [-0.2, -0.15) is 0 Å². The number of benzene rings is 1. The molecule has 0 unspecified atom stereocenters. The molecule has 208 valence electrons. The quantitative estimate of drug-likeness (QED) is 0.277. The van der Waals surface area contributed by atoms with Gasteiger partial charge in [0, 0.05) is 25.2 Å². The number of nitrogens with zero attached hydrogens (tertiary/aromatic N) is 5. The number of aryl methyl sites for hydroxylation is 2. The average Bonchev–Trinajstić information content (AvgIpc) is 3.19. The molecule has 0 bridgehead atoms. The lowest BCUT2D eigenvalue weighted by molar-refractivity contribution is -0.676. The molecular weight excluding hydrogens is 555 g/mol. The molecule has 0 aliphatic carbocycles. The minimum absolute atomic E-state index is 0. The third-order valence-corrected chi connectivity index (χ3v) is 6.61. The fourth-order valence-electron chi connectivity index (χ4n) is 4.53. The summed E-state index contributed by atoms with van der Waals surface area (Å²) in [5.41, 5.74) is 13.7. The van der Waals surface area contributed by atoms with Crippen molar-refractivity contribution in [2.45, 2.75) is 52.4 Å². The van der Waals surface area contributed by atoms with Gasteiger partial charge in [0.05, 0.1) is 19.3 Å². The van der Waals surface area contributed by atoms with Gasteiger partial charge in [-0.1, -0.05) is 11.6 Å². The van der Waals surface area contributed by atoms with E-state index in [2.05, 4.69) is 24.4 Å². The number of hydrogen-bond donors (Lipinski definition) is 3. The van der Waals surface area contributed by atoms with Crippen molar-refractivity contribution in [2.24, 2.45) is 5.73 Å². The highest BCUT2D eigenvalue weighted by Crippen LogP contribution is 2.22. The molecule has 1 saturated heterocycles. The topological polar surface area (TPSA) is 145 Å². The summed E-state index contributed by atoms with van der Waals surface area (Å²) in [4.78, 5) is 35.0. The summed E-state index contributed by atoms with van der Waals surface area (Å²) in [5, 5.41) is 2.97. The van der Waals surface area contributed by atoms with E-state index in [4.69, 9.17) is 27.8 Å². The first kappa shape index (κ1) is 31.4. The summed E-state index contributed by atoms with van der Waals surface area (Å²) in [6.07, 6.45) is 2.92. The van der Waals surface area contributed by atoms with Crippen LogP contribution in [0.3, 0.4) is 0 Å². The lowest BCUT2D eigenvalue weighted by Gasteiger charge is -2.30. The fourth-order valence-corrected chi connectivity index (χ4v) is 4.66. The van der Waals surface area contributed by atoms with E-state index in [1.54, 1.807) is 4.90 Å². The van der Waals surface area contributed by atoms with Gasteiger partial charge in [0.1, 0.15) is 17.4 Å². The van der Waals surface area contributed by atoms with Crippen LogP contribution in [0.2, 0.25) is 5.15 Å². The van der Waals surface area contributed by atoms with Crippen LogP contribution in [0.1, 0.15) is 43.0 Å². The van der Waals surface area contributed by atoms with Crippen molar-refractivity contribution in [3.63, 3.8) is 0 Å². The number of hydrogen-bond acceptors (Lipinski definition) is 7. The summed E-state index contributed by atoms with van der Waals surface area (Å²) in [6.45, 7) is 7.00. The highest BCUT2D eigenvalue weighted by molar-refractivity contribution is 6.29. The summed E-state index contributed by atoms with van der Waals surface area (Å²) in [6, 6.07) is 5.92. The number of ether oxygens (including phenoxy) is 1. The summed E-state index contributed by atoms with van der Waals surface area (Å²) in [5.74, 6) is 1.02. The van der Waals surface area contributed by atoms with Crippen LogP contribution in [0, 0.1) is 0 Å². The number of piperidine rings is 1. The molecule has 38 heavy (non-hydrogen) atoms. The van der Waals surface area contributed by atoms with Crippen molar-refractivity contribution >= 4 is 52.7 Å². The second kappa shape index (κ2) is 13.8. The molecule has 3 heterocycles. The molecule has 5 N–H and O–H groups in total. The minimum Gasteiger partial charge on any atom is -1.00 e. The molecule has 11 nitrogen and oxygen atoms in total. The Kier molecular flexibility index (Phi) is 11.4. The smallest absolute Gasteiger partial charge is 0.277 e. The molecule has 0 atom stereocenters. The fraction of sp³-hybridized carbons (Fsp3) is 0.458. The number of halogens is 3. The van der Waals surface area contributed by atoms with Crippen LogP contribution in [0.25, 0.3) is 11.0 Å². The van der Waals surface area contributed by atoms with Crippen molar-refractivity contribution < 1.29 is 31.3 Å². The number of aromatic nitrogens is 4. The second-order valence-electron chi connectivity index (χ2n) is 8.67. The van der Waals surface area contributed by atoms with E-state index in [0.29, 0.717) is 31.9 Å². The lowest BCUT2D eigenvalue weighted by atomic mass is 10.1. The Hall–Kier alpha value is -2.86. The van der Waals surface area contributed by atoms with E-state index in [9.17, 15) is 9.59 Å². The maximum atomic E-state index is 12.7. The molecule has 3 aromatic rings. The average molecular weight is 588 g/mol. The van der Waals surface area contributed by atoms with Crippen molar-refractivity contribution in [1.29, 1.82) is 0 Å². The lowest BCUT2D eigenvalue weighted by Crippen LogP contribution is -3.00. The van der Waals surface area contributed by atoms with Crippen LogP contribution in [-0.4, -0.2) is 57.0 Å². The molecule has 1 aliphatic rings. The third-order valence-electron chi connectivity index (χ3n) is 6.43. The number of fused-ring (bicyclic) bond motifs is 1. The largest absolute Gasteiger partial charge is 1.00 e. The maximum Gasteiger partial charge on any atom is 0.277 e. The number of likely N-dealkylation sites (tertiary alicyclic amines) is 1. The van der Waals surface area contributed by atoms with Gasteiger partial charge in [0.25, 0.3) is 17.6 Å². The molecule has 14 heteroatoms. The number of nitrogens with two attached hydrogens (primary N) is 2. The van der Waals surface area contributed by atoms with Crippen LogP contribution in [0.4, 0.5) is 5.82 Å². The number of carbonyl (C=O) groups is 2. The van der Waals surface area contributed by atoms with E-state index in [-0.39, 0.29) is 66.6 Å². The highest BCUT2D eigenvalue weighted by Gasteiger charge is 2.26. The number of anilines is 1. The molecule has 4 rings (SSSR count). The van der Waals surface area contributed by atoms with E-state index in [0.717, 1.165) is 29.7 Å². The van der Waals surface area contributed by atoms with Gasteiger partial charge in [-0.3, -0.25) is 9.59 Å². The Balaban J connectivity index is 0.00000253. The zero-order valence-electron chi connectivity index (χ0n) is 21.3. The van der Waals surface area contributed by atoms with Gasteiger partial charge in [0.2, 0.25) is 0 Å². The first-order valence-electron chi connectivity index (χ1n) is 12.1. The molecule has 1 fully saturated rings. The van der Waals surface area contributed by atoms with Crippen molar-refractivity contribution in [3.05, 3.63) is 41.1 Å². The molecular formula is C24H33Cl3N8O3. The maximum absolute atomic E-state index is 12.7. The van der Waals surface area contributed by atoms with E-state index < -0.39 is 5.91 Å². The van der Waals surface area contributed by atoms with Gasteiger partial charge < -0.3 is 38.8 Å². The molecule has 2 aromatic heterocycles. The number of carbonyl (C=O) groups excluding carboxylic acids is 2. The molecule has 1 aliphatic heterocycles. The van der Waals surface area contributed by atoms with E-state index in [1.165, 1.54) is 6.20 Å². The Bertz CT molecular complexity index is 1280. The van der Waals surface area contributed by atoms with Gasteiger partial charge in [-0.05, 0) is 38.8 Å². The highest BCUT2D eigenvalue weighted by atomic mass is 35.5. The number of nitrogen functional groups attached to an aromatic ring is 1.